The second-order valence-corrected chi connectivity index (χ2v) is 8.70. The molecule has 1 saturated heterocycles. The fourth-order valence-corrected chi connectivity index (χ4v) is 4.29. The molecule has 4 rings (SSSR count). The average Bonchev–Trinajstić information content (AvgIpc) is 3.59. The molecule has 0 spiro atoms. The minimum Gasteiger partial charge on any atom is -0.339 e. The summed E-state index contributed by atoms with van der Waals surface area (Å²) in [7, 11) is 0. The normalized spacial score (nSPS) is 16.8. The van der Waals surface area contributed by atoms with Crippen molar-refractivity contribution in [2.45, 2.75) is 45.1 Å². The second kappa shape index (κ2) is 9.50. The van der Waals surface area contributed by atoms with Gasteiger partial charge in [-0.1, -0.05) is 24.3 Å². The zero-order chi connectivity index (χ0) is 21.8. The zero-order valence-corrected chi connectivity index (χ0v) is 18.0. The van der Waals surface area contributed by atoms with Crippen LogP contribution in [0.2, 0.25) is 0 Å². The van der Waals surface area contributed by atoms with Crippen LogP contribution in [0, 0.1) is 18.7 Å². The molecule has 164 valence electrons. The summed E-state index contributed by atoms with van der Waals surface area (Å²) in [6, 6.07) is 14.6. The van der Waals surface area contributed by atoms with E-state index >= 15 is 0 Å². The van der Waals surface area contributed by atoms with Gasteiger partial charge in [0.1, 0.15) is 5.82 Å². The predicted octanol–water partition coefficient (Wildman–Crippen LogP) is 4.61. The van der Waals surface area contributed by atoms with Crippen molar-refractivity contribution in [3.63, 3.8) is 0 Å². The molecule has 1 aliphatic heterocycles. The molecule has 2 fully saturated rings. The van der Waals surface area contributed by atoms with E-state index in [1.54, 1.807) is 17.0 Å². The first-order valence-corrected chi connectivity index (χ1v) is 11.2. The minimum atomic E-state index is -0.238. The van der Waals surface area contributed by atoms with E-state index in [2.05, 4.69) is 5.32 Å². The summed E-state index contributed by atoms with van der Waals surface area (Å²) in [5, 5.41) is 2.95. The van der Waals surface area contributed by atoms with E-state index < -0.39 is 0 Å². The highest BCUT2D eigenvalue weighted by atomic mass is 19.1. The summed E-state index contributed by atoms with van der Waals surface area (Å²) in [5.41, 5.74) is 2.81. The topological polar surface area (TPSA) is 52.7 Å². The summed E-state index contributed by atoms with van der Waals surface area (Å²) in [5.74, 6) is -0.0908. The summed E-state index contributed by atoms with van der Waals surface area (Å²) < 4.78 is 13.5. The maximum Gasteiger partial charge on any atom is 0.321 e. The Morgan fingerprint density at radius 3 is 2.48 bits per heavy atom. The number of halogens is 1. The number of likely N-dealkylation sites (tertiary alicyclic amines) is 1. The Hall–Kier alpha value is -2.89. The van der Waals surface area contributed by atoms with E-state index in [0.717, 1.165) is 29.7 Å². The minimum absolute atomic E-state index is 0.0453. The molecular formula is C25H30FN3O2. The molecule has 0 aromatic heterocycles. The van der Waals surface area contributed by atoms with E-state index in [4.69, 9.17) is 0 Å². The number of hydrogen-bond donors (Lipinski definition) is 1. The van der Waals surface area contributed by atoms with Gasteiger partial charge in [-0.3, -0.25) is 4.79 Å². The first-order valence-electron chi connectivity index (χ1n) is 11.2. The van der Waals surface area contributed by atoms with Crippen molar-refractivity contribution >= 4 is 17.6 Å². The van der Waals surface area contributed by atoms with Gasteiger partial charge in [0, 0.05) is 37.3 Å². The predicted molar refractivity (Wildman–Crippen MR) is 119 cm³/mol. The molecule has 31 heavy (non-hydrogen) atoms. The number of rotatable bonds is 6. The number of nitrogens with zero attached hydrogens (tertiary/aromatic N) is 2. The van der Waals surface area contributed by atoms with Crippen molar-refractivity contribution in [1.82, 2.24) is 9.80 Å². The summed E-state index contributed by atoms with van der Waals surface area (Å²) in [6.45, 7) is 3.78. The van der Waals surface area contributed by atoms with Crippen LogP contribution in [0.25, 0.3) is 0 Å². The molecule has 0 atom stereocenters. The lowest BCUT2D eigenvalue weighted by atomic mass is 9.95. The van der Waals surface area contributed by atoms with Gasteiger partial charge in [0.05, 0.1) is 0 Å². The molecule has 1 heterocycles. The van der Waals surface area contributed by atoms with E-state index in [1.807, 2.05) is 42.2 Å². The molecule has 6 heteroatoms. The number of aryl methyl sites for hydroxylation is 1. The Labute approximate surface area is 183 Å². The standard InChI is InChI=1S/C25H30FN3O2/c1-18-4-2-7-22(16-18)27-25(31)28-13-11-20(12-14-28)24(30)29(23-8-9-23)15-10-19-5-3-6-21(26)17-19/h2-7,16-17,20,23H,8-15H2,1H3,(H,27,31). The first-order chi connectivity index (χ1) is 15.0. The maximum atomic E-state index is 13.5. The molecule has 1 aliphatic carbocycles. The average molecular weight is 424 g/mol. The molecule has 2 aliphatic rings. The highest BCUT2D eigenvalue weighted by Crippen LogP contribution is 2.31. The Bertz CT molecular complexity index is 936. The number of piperidine rings is 1. The smallest absolute Gasteiger partial charge is 0.321 e. The molecule has 2 aromatic carbocycles. The van der Waals surface area contributed by atoms with Gasteiger partial charge < -0.3 is 15.1 Å². The molecule has 0 radical (unpaired) electrons. The second-order valence-electron chi connectivity index (χ2n) is 8.70. The summed E-state index contributed by atoms with van der Waals surface area (Å²) in [6.07, 6.45) is 4.13. The van der Waals surface area contributed by atoms with Crippen LogP contribution in [0.1, 0.15) is 36.8 Å². The van der Waals surface area contributed by atoms with Crippen LogP contribution in [-0.2, 0) is 11.2 Å². The van der Waals surface area contributed by atoms with E-state index in [9.17, 15) is 14.0 Å². The van der Waals surface area contributed by atoms with Gasteiger partial charge in [-0.15, -0.1) is 0 Å². The van der Waals surface area contributed by atoms with E-state index in [0.29, 0.717) is 44.9 Å². The number of carbonyl (C=O) groups is 2. The monoisotopic (exact) mass is 423 g/mol. The van der Waals surface area contributed by atoms with Crippen molar-refractivity contribution in [3.8, 4) is 0 Å². The fraction of sp³-hybridized carbons (Fsp3) is 0.440. The van der Waals surface area contributed by atoms with Crippen LogP contribution in [0.4, 0.5) is 14.9 Å². The van der Waals surface area contributed by atoms with Crippen LogP contribution >= 0.6 is 0 Å². The van der Waals surface area contributed by atoms with Gasteiger partial charge in [0.15, 0.2) is 0 Å². The maximum absolute atomic E-state index is 13.5. The number of anilines is 1. The Morgan fingerprint density at radius 1 is 1.06 bits per heavy atom. The van der Waals surface area contributed by atoms with Crippen molar-refractivity contribution in [2.75, 3.05) is 25.0 Å². The van der Waals surface area contributed by atoms with Crippen LogP contribution in [-0.4, -0.2) is 47.4 Å². The third kappa shape index (κ3) is 5.63. The highest BCUT2D eigenvalue weighted by molar-refractivity contribution is 5.89. The van der Waals surface area contributed by atoms with Gasteiger partial charge in [-0.25, -0.2) is 9.18 Å². The van der Waals surface area contributed by atoms with Crippen LogP contribution in [0.15, 0.2) is 48.5 Å². The molecule has 1 N–H and O–H groups in total. The van der Waals surface area contributed by atoms with Crippen molar-refractivity contribution in [1.29, 1.82) is 0 Å². The Kier molecular flexibility index (Phi) is 6.54. The van der Waals surface area contributed by atoms with Crippen molar-refractivity contribution in [2.24, 2.45) is 5.92 Å². The SMILES string of the molecule is Cc1cccc(NC(=O)N2CCC(C(=O)N(CCc3cccc(F)c3)C3CC3)CC2)c1. The third-order valence-electron chi connectivity index (χ3n) is 6.20. The lowest BCUT2D eigenvalue weighted by Gasteiger charge is -2.34. The van der Waals surface area contributed by atoms with Crippen molar-refractivity contribution in [3.05, 3.63) is 65.5 Å². The molecule has 0 unspecified atom stereocenters. The van der Waals surface area contributed by atoms with Crippen LogP contribution < -0.4 is 5.32 Å². The highest BCUT2D eigenvalue weighted by Gasteiger charge is 2.37. The van der Waals surface area contributed by atoms with Crippen molar-refractivity contribution < 1.29 is 14.0 Å². The Morgan fingerprint density at radius 2 is 1.81 bits per heavy atom. The molecule has 2 aromatic rings. The van der Waals surface area contributed by atoms with Gasteiger partial charge in [0.25, 0.3) is 0 Å². The lowest BCUT2D eigenvalue weighted by molar-refractivity contribution is -0.137. The number of urea groups is 1. The first kappa shape index (κ1) is 21.3. The van der Waals surface area contributed by atoms with Gasteiger partial charge in [0.2, 0.25) is 5.91 Å². The van der Waals surface area contributed by atoms with Gasteiger partial charge in [-0.2, -0.15) is 0 Å². The lowest BCUT2D eigenvalue weighted by Crippen LogP contribution is -2.46. The Balaban J connectivity index is 1.29. The van der Waals surface area contributed by atoms with Gasteiger partial charge >= 0.3 is 6.03 Å². The zero-order valence-electron chi connectivity index (χ0n) is 18.0. The number of nitrogens with one attached hydrogen (secondary N) is 1. The third-order valence-corrected chi connectivity index (χ3v) is 6.20. The number of amides is 3. The number of carbonyl (C=O) groups excluding carboxylic acids is 2. The fourth-order valence-electron chi connectivity index (χ4n) is 4.29. The summed E-state index contributed by atoms with van der Waals surface area (Å²) >= 11 is 0. The molecule has 0 bridgehead atoms. The largest absolute Gasteiger partial charge is 0.339 e. The number of benzene rings is 2. The van der Waals surface area contributed by atoms with Gasteiger partial charge in [-0.05, 0) is 74.4 Å². The van der Waals surface area contributed by atoms with Crippen LogP contribution in [0.5, 0.6) is 0 Å². The molecule has 3 amide bonds. The quantitative estimate of drug-likeness (QED) is 0.738. The van der Waals surface area contributed by atoms with E-state index in [1.165, 1.54) is 6.07 Å². The molecule has 1 saturated carbocycles. The van der Waals surface area contributed by atoms with E-state index in [-0.39, 0.29) is 23.7 Å². The molecular weight excluding hydrogens is 393 g/mol. The molecule has 5 nitrogen and oxygen atoms in total. The summed E-state index contributed by atoms with van der Waals surface area (Å²) in [4.78, 5) is 29.6. The number of hydrogen-bond acceptors (Lipinski definition) is 2. The van der Waals surface area contributed by atoms with Crippen LogP contribution in [0.3, 0.4) is 0 Å².